The molecule has 4 heteroatoms. The van der Waals surface area contributed by atoms with Gasteiger partial charge in [0.15, 0.2) is 0 Å². The van der Waals surface area contributed by atoms with Gasteiger partial charge in [0.2, 0.25) is 0 Å². The third-order valence-corrected chi connectivity index (χ3v) is 3.76. The summed E-state index contributed by atoms with van der Waals surface area (Å²) in [5.74, 6) is 0.109. The van der Waals surface area contributed by atoms with E-state index in [1.165, 1.54) is 0 Å². The van der Waals surface area contributed by atoms with E-state index in [2.05, 4.69) is 18.9 Å². The molecule has 1 saturated heterocycles. The molecular weight excluding hydrogens is 226 g/mol. The molecule has 0 aromatic heterocycles. The summed E-state index contributed by atoms with van der Waals surface area (Å²) in [6.45, 7) is 6.59. The predicted molar refractivity (Wildman–Crippen MR) is 73.6 cm³/mol. The number of rotatable bonds is 1. The number of nitrogens with two attached hydrogens (primary N) is 1. The van der Waals surface area contributed by atoms with Crippen molar-refractivity contribution < 1.29 is 4.79 Å². The average Bonchev–Trinajstić information content (AvgIpc) is 2.35. The normalized spacial score (nSPS) is 21.1. The number of hydrogen-bond donors (Lipinski definition) is 1. The zero-order chi connectivity index (χ0) is 13.3. The van der Waals surface area contributed by atoms with Crippen LogP contribution < -0.4 is 5.73 Å². The van der Waals surface area contributed by atoms with Gasteiger partial charge in [-0.15, -0.1) is 0 Å². The number of carbonyl (C=O) groups is 1. The van der Waals surface area contributed by atoms with Crippen LogP contribution in [0, 0.1) is 6.92 Å². The monoisotopic (exact) mass is 247 g/mol. The number of carbonyl (C=O) groups excluding carboxylic acids is 1. The van der Waals surface area contributed by atoms with E-state index in [1.54, 1.807) is 0 Å². The minimum Gasteiger partial charge on any atom is -0.399 e. The predicted octanol–water partition coefficient (Wildman–Crippen LogP) is 1.35. The fourth-order valence-electron chi connectivity index (χ4n) is 2.22. The number of nitrogen functional groups attached to an aromatic ring is 1. The third-order valence-electron chi connectivity index (χ3n) is 3.76. The number of amides is 1. The van der Waals surface area contributed by atoms with Gasteiger partial charge in [-0.05, 0) is 44.7 Å². The molecule has 0 bridgehead atoms. The van der Waals surface area contributed by atoms with Gasteiger partial charge in [-0.3, -0.25) is 4.79 Å². The molecule has 1 aromatic carbocycles. The molecule has 1 atom stereocenters. The zero-order valence-electron chi connectivity index (χ0n) is 11.3. The molecule has 1 amide bonds. The van der Waals surface area contributed by atoms with E-state index in [-0.39, 0.29) is 5.91 Å². The molecular formula is C14H21N3O. The molecule has 1 aliphatic rings. The molecule has 1 unspecified atom stereocenters. The molecule has 2 rings (SSSR count). The van der Waals surface area contributed by atoms with Gasteiger partial charge in [0.1, 0.15) is 0 Å². The summed E-state index contributed by atoms with van der Waals surface area (Å²) < 4.78 is 0. The number of likely N-dealkylation sites (N-methyl/N-ethyl adjacent to an activating group) is 1. The molecule has 18 heavy (non-hydrogen) atoms. The Morgan fingerprint density at radius 1 is 1.39 bits per heavy atom. The SMILES string of the molecule is Cc1cc(C(=O)N2CCN(C)C(C)C2)ccc1N. The van der Waals surface area contributed by atoms with E-state index in [9.17, 15) is 4.79 Å². The summed E-state index contributed by atoms with van der Waals surface area (Å²) >= 11 is 0. The van der Waals surface area contributed by atoms with Gasteiger partial charge in [-0.2, -0.15) is 0 Å². The Hall–Kier alpha value is -1.55. The number of hydrogen-bond acceptors (Lipinski definition) is 3. The number of nitrogens with zero attached hydrogens (tertiary/aromatic N) is 2. The summed E-state index contributed by atoms with van der Waals surface area (Å²) in [6, 6.07) is 5.91. The number of benzene rings is 1. The van der Waals surface area contributed by atoms with Gasteiger partial charge in [0.25, 0.3) is 5.91 Å². The van der Waals surface area contributed by atoms with Crippen LogP contribution in [0.3, 0.4) is 0 Å². The van der Waals surface area contributed by atoms with Crippen molar-refractivity contribution in [2.24, 2.45) is 0 Å². The maximum Gasteiger partial charge on any atom is 0.253 e. The Bertz CT molecular complexity index is 458. The Morgan fingerprint density at radius 2 is 2.11 bits per heavy atom. The first-order chi connectivity index (χ1) is 8.49. The molecule has 0 spiro atoms. The molecule has 1 heterocycles. The molecule has 1 aromatic rings. The lowest BCUT2D eigenvalue weighted by atomic mass is 10.1. The van der Waals surface area contributed by atoms with Crippen molar-refractivity contribution in [2.45, 2.75) is 19.9 Å². The van der Waals surface area contributed by atoms with E-state index < -0.39 is 0 Å². The van der Waals surface area contributed by atoms with Gasteiger partial charge in [0.05, 0.1) is 0 Å². The third kappa shape index (κ3) is 2.48. The van der Waals surface area contributed by atoms with Crippen LogP contribution in [0.15, 0.2) is 18.2 Å². The van der Waals surface area contributed by atoms with E-state index in [4.69, 9.17) is 5.73 Å². The highest BCUT2D eigenvalue weighted by atomic mass is 16.2. The van der Waals surface area contributed by atoms with Crippen molar-refractivity contribution in [3.63, 3.8) is 0 Å². The summed E-state index contributed by atoms with van der Waals surface area (Å²) in [7, 11) is 2.10. The van der Waals surface area contributed by atoms with Crippen molar-refractivity contribution in [1.29, 1.82) is 0 Å². The molecule has 0 radical (unpaired) electrons. The lowest BCUT2D eigenvalue weighted by Crippen LogP contribution is -2.52. The second-order valence-electron chi connectivity index (χ2n) is 5.15. The van der Waals surface area contributed by atoms with Crippen molar-refractivity contribution in [3.8, 4) is 0 Å². The Balaban J connectivity index is 2.14. The highest BCUT2D eigenvalue weighted by molar-refractivity contribution is 5.95. The molecule has 4 nitrogen and oxygen atoms in total. The van der Waals surface area contributed by atoms with Crippen molar-refractivity contribution in [2.75, 3.05) is 32.4 Å². The first-order valence-electron chi connectivity index (χ1n) is 6.34. The van der Waals surface area contributed by atoms with Gasteiger partial charge >= 0.3 is 0 Å². The van der Waals surface area contributed by atoms with Gasteiger partial charge in [-0.1, -0.05) is 0 Å². The first-order valence-corrected chi connectivity index (χ1v) is 6.34. The van der Waals surface area contributed by atoms with Crippen LogP contribution in [-0.4, -0.2) is 48.4 Å². The van der Waals surface area contributed by atoms with Crippen LogP contribution in [-0.2, 0) is 0 Å². The van der Waals surface area contributed by atoms with Crippen LogP contribution in [0.1, 0.15) is 22.8 Å². The lowest BCUT2D eigenvalue weighted by molar-refractivity contribution is 0.0572. The first kappa shape index (κ1) is 12.9. The Labute approximate surface area is 108 Å². The average molecular weight is 247 g/mol. The van der Waals surface area contributed by atoms with Gasteiger partial charge in [0, 0.05) is 36.9 Å². The highest BCUT2D eigenvalue weighted by Crippen LogP contribution is 2.16. The van der Waals surface area contributed by atoms with Crippen molar-refractivity contribution >= 4 is 11.6 Å². The van der Waals surface area contributed by atoms with Gasteiger partial charge < -0.3 is 15.5 Å². The number of aryl methyl sites for hydroxylation is 1. The van der Waals surface area contributed by atoms with Crippen LogP contribution in [0.25, 0.3) is 0 Å². The van der Waals surface area contributed by atoms with Gasteiger partial charge in [-0.25, -0.2) is 0 Å². The largest absolute Gasteiger partial charge is 0.399 e. The molecule has 0 aliphatic carbocycles. The minimum absolute atomic E-state index is 0.109. The summed E-state index contributed by atoms with van der Waals surface area (Å²) in [5.41, 5.74) is 8.21. The Kier molecular flexibility index (Phi) is 3.57. The Morgan fingerprint density at radius 3 is 2.72 bits per heavy atom. The number of piperazine rings is 1. The minimum atomic E-state index is 0.109. The smallest absolute Gasteiger partial charge is 0.253 e. The van der Waals surface area contributed by atoms with Crippen LogP contribution in [0.2, 0.25) is 0 Å². The van der Waals surface area contributed by atoms with E-state index in [0.717, 1.165) is 36.4 Å². The van der Waals surface area contributed by atoms with E-state index in [0.29, 0.717) is 6.04 Å². The summed E-state index contributed by atoms with van der Waals surface area (Å²) in [6.07, 6.45) is 0. The van der Waals surface area contributed by atoms with E-state index in [1.807, 2.05) is 30.0 Å². The van der Waals surface area contributed by atoms with E-state index >= 15 is 0 Å². The molecule has 0 saturated carbocycles. The molecule has 1 aliphatic heterocycles. The lowest BCUT2D eigenvalue weighted by Gasteiger charge is -2.37. The summed E-state index contributed by atoms with van der Waals surface area (Å²) in [5, 5.41) is 0. The van der Waals surface area contributed by atoms with Crippen molar-refractivity contribution in [3.05, 3.63) is 29.3 Å². The second-order valence-corrected chi connectivity index (χ2v) is 5.15. The topological polar surface area (TPSA) is 49.6 Å². The fourth-order valence-corrected chi connectivity index (χ4v) is 2.22. The van der Waals surface area contributed by atoms with Crippen LogP contribution in [0.4, 0.5) is 5.69 Å². The fraction of sp³-hybridized carbons (Fsp3) is 0.500. The maximum atomic E-state index is 12.4. The molecule has 2 N–H and O–H groups in total. The number of anilines is 1. The van der Waals surface area contributed by atoms with Crippen molar-refractivity contribution in [1.82, 2.24) is 9.80 Å². The molecule has 98 valence electrons. The van der Waals surface area contributed by atoms with Crippen LogP contribution >= 0.6 is 0 Å². The molecule has 1 fully saturated rings. The van der Waals surface area contributed by atoms with Crippen LogP contribution in [0.5, 0.6) is 0 Å². The highest BCUT2D eigenvalue weighted by Gasteiger charge is 2.25. The zero-order valence-corrected chi connectivity index (χ0v) is 11.3. The second kappa shape index (κ2) is 4.98. The quantitative estimate of drug-likeness (QED) is 0.762. The maximum absolute atomic E-state index is 12.4. The summed E-state index contributed by atoms with van der Waals surface area (Å²) in [4.78, 5) is 16.6. The standard InChI is InChI=1S/C14H21N3O/c1-10-8-12(4-5-13(10)15)14(18)17-7-6-16(3)11(2)9-17/h4-5,8,11H,6-7,9,15H2,1-3H3.